The molecule has 0 atom stereocenters. The summed E-state index contributed by atoms with van der Waals surface area (Å²) in [4.78, 5) is 24.7. The fourth-order valence-electron chi connectivity index (χ4n) is 2.60. The van der Waals surface area contributed by atoms with Gasteiger partial charge in [0, 0.05) is 25.2 Å². The van der Waals surface area contributed by atoms with Gasteiger partial charge < -0.3 is 16.0 Å². The van der Waals surface area contributed by atoms with E-state index < -0.39 is 0 Å². The van der Waals surface area contributed by atoms with Crippen molar-refractivity contribution in [2.24, 2.45) is 11.7 Å². The number of primary amides is 1. The second-order valence-corrected chi connectivity index (χ2v) is 5.12. The number of nitrogens with two attached hydrogens (primary N) is 1. The highest BCUT2D eigenvalue weighted by Gasteiger charge is 2.25. The van der Waals surface area contributed by atoms with Crippen LogP contribution in [-0.4, -0.2) is 29.9 Å². The van der Waals surface area contributed by atoms with Crippen molar-refractivity contribution in [2.45, 2.75) is 38.5 Å². The van der Waals surface area contributed by atoms with Crippen LogP contribution in [0.4, 0.5) is 4.79 Å². The van der Waals surface area contributed by atoms with Crippen molar-refractivity contribution in [3.8, 4) is 0 Å². The Labute approximate surface area is 107 Å². The lowest BCUT2D eigenvalue weighted by Crippen LogP contribution is -2.45. The highest BCUT2D eigenvalue weighted by molar-refractivity contribution is 5.78. The average molecular weight is 251 g/mol. The number of carbonyl (C=O) groups is 2. The van der Waals surface area contributed by atoms with Gasteiger partial charge in [-0.1, -0.05) is 5.57 Å². The van der Waals surface area contributed by atoms with Gasteiger partial charge in [-0.3, -0.25) is 4.79 Å². The van der Waals surface area contributed by atoms with Gasteiger partial charge >= 0.3 is 6.03 Å². The zero-order valence-corrected chi connectivity index (χ0v) is 10.7. The van der Waals surface area contributed by atoms with E-state index in [9.17, 15) is 9.59 Å². The van der Waals surface area contributed by atoms with Crippen LogP contribution in [0.1, 0.15) is 38.5 Å². The Hall–Kier alpha value is -1.52. The van der Waals surface area contributed by atoms with Crippen molar-refractivity contribution < 1.29 is 9.59 Å². The van der Waals surface area contributed by atoms with Crippen LogP contribution in [0.15, 0.2) is 11.8 Å². The van der Waals surface area contributed by atoms with Gasteiger partial charge in [0.2, 0.25) is 5.91 Å². The summed E-state index contributed by atoms with van der Waals surface area (Å²) >= 11 is 0. The molecular formula is C13H21N3O2. The van der Waals surface area contributed by atoms with E-state index in [0.29, 0.717) is 25.9 Å². The minimum Gasteiger partial charge on any atom is -0.369 e. The minimum absolute atomic E-state index is 0.0580. The summed E-state index contributed by atoms with van der Waals surface area (Å²) in [5.74, 6) is -0.314. The van der Waals surface area contributed by atoms with Crippen LogP contribution in [0.3, 0.4) is 0 Å². The Bertz CT molecular complexity index is 349. The van der Waals surface area contributed by atoms with Gasteiger partial charge in [-0.05, 0) is 38.5 Å². The van der Waals surface area contributed by atoms with E-state index in [1.54, 1.807) is 4.90 Å². The summed E-state index contributed by atoms with van der Waals surface area (Å²) in [6.07, 6.45) is 7.87. The Morgan fingerprint density at radius 1 is 1.22 bits per heavy atom. The summed E-state index contributed by atoms with van der Waals surface area (Å²) in [7, 11) is 0. The van der Waals surface area contributed by atoms with Gasteiger partial charge in [0.15, 0.2) is 0 Å². The van der Waals surface area contributed by atoms with Gasteiger partial charge in [0.1, 0.15) is 0 Å². The molecule has 5 nitrogen and oxygen atoms in total. The van der Waals surface area contributed by atoms with Gasteiger partial charge in [0.25, 0.3) is 0 Å². The molecule has 2 aliphatic rings. The molecule has 0 aromatic heterocycles. The van der Waals surface area contributed by atoms with Gasteiger partial charge in [-0.25, -0.2) is 4.79 Å². The third-order valence-electron chi connectivity index (χ3n) is 3.83. The molecule has 1 aliphatic heterocycles. The van der Waals surface area contributed by atoms with Crippen molar-refractivity contribution >= 4 is 11.9 Å². The van der Waals surface area contributed by atoms with Crippen LogP contribution in [0, 0.1) is 5.92 Å². The normalized spacial score (nSPS) is 20.9. The molecule has 2 rings (SSSR count). The molecule has 1 saturated heterocycles. The number of hydrogen-bond donors (Lipinski definition) is 2. The van der Waals surface area contributed by atoms with Crippen molar-refractivity contribution in [3.05, 3.63) is 11.8 Å². The molecule has 0 spiro atoms. The number of nitrogens with zero attached hydrogens (tertiary/aromatic N) is 1. The quantitative estimate of drug-likeness (QED) is 0.777. The number of nitrogens with one attached hydrogen (secondary N) is 1. The number of carbonyl (C=O) groups excluding carboxylic acids is 2. The van der Waals surface area contributed by atoms with E-state index in [0.717, 1.165) is 12.8 Å². The molecule has 0 unspecified atom stereocenters. The first-order valence-corrected chi connectivity index (χ1v) is 6.69. The summed E-state index contributed by atoms with van der Waals surface area (Å²) < 4.78 is 0. The number of amides is 3. The minimum atomic E-state index is -0.247. The molecule has 2 fully saturated rings. The predicted octanol–water partition coefficient (Wildman–Crippen LogP) is 1.35. The third-order valence-corrected chi connectivity index (χ3v) is 3.83. The maximum Gasteiger partial charge on any atom is 0.321 e. The maximum absolute atomic E-state index is 11.9. The first kappa shape index (κ1) is 12.9. The molecule has 1 heterocycles. The van der Waals surface area contributed by atoms with E-state index >= 15 is 0 Å². The monoisotopic (exact) mass is 251 g/mol. The van der Waals surface area contributed by atoms with Crippen molar-refractivity contribution in [3.63, 3.8) is 0 Å². The number of allylic oxidation sites excluding steroid dienone is 1. The fraction of sp³-hybridized carbons (Fsp3) is 0.692. The van der Waals surface area contributed by atoms with E-state index in [2.05, 4.69) is 5.32 Å². The third kappa shape index (κ3) is 3.24. The largest absolute Gasteiger partial charge is 0.369 e. The van der Waals surface area contributed by atoms with E-state index in [-0.39, 0.29) is 17.9 Å². The molecule has 1 saturated carbocycles. The standard InChI is InChI=1S/C13H21N3O2/c14-12(17)11-5-7-16(8-6-11)13(18)15-9-10-3-1-2-4-10/h9,11H,1-8H2,(H2,14,17)(H,15,18). The Morgan fingerprint density at radius 2 is 1.83 bits per heavy atom. The van der Waals surface area contributed by atoms with E-state index in [4.69, 9.17) is 5.73 Å². The smallest absolute Gasteiger partial charge is 0.321 e. The first-order valence-electron chi connectivity index (χ1n) is 6.69. The molecule has 0 bridgehead atoms. The zero-order valence-electron chi connectivity index (χ0n) is 10.7. The molecule has 3 N–H and O–H groups in total. The van der Waals surface area contributed by atoms with Gasteiger partial charge in [0.05, 0.1) is 0 Å². The maximum atomic E-state index is 11.9. The van der Waals surface area contributed by atoms with Crippen molar-refractivity contribution in [1.82, 2.24) is 10.2 Å². The number of piperidine rings is 1. The second-order valence-electron chi connectivity index (χ2n) is 5.12. The van der Waals surface area contributed by atoms with Crippen LogP contribution in [0.5, 0.6) is 0 Å². The van der Waals surface area contributed by atoms with Crippen LogP contribution in [0.2, 0.25) is 0 Å². The van der Waals surface area contributed by atoms with Crippen LogP contribution in [-0.2, 0) is 4.79 Å². The SMILES string of the molecule is NC(=O)C1CCN(C(=O)NC=C2CCCC2)CC1. The number of urea groups is 1. The van der Waals surface area contributed by atoms with E-state index in [1.165, 1.54) is 18.4 Å². The molecule has 3 amide bonds. The summed E-state index contributed by atoms with van der Waals surface area (Å²) in [6, 6.07) is -0.0580. The molecular weight excluding hydrogens is 230 g/mol. The van der Waals surface area contributed by atoms with Crippen LogP contribution in [0.25, 0.3) is 0 Å². The molecule has 18 heavy (non-hydrogen) atoms. The zero-order chi connectivity index (χ0) is 13.0. The summed E-state index contributed by atoms with van der Waals surface area (Å²) in [5.41, 5.74) is 6.59. The van der Waals surface area contributed by atoms with E-state index in [1.807, 2.05) is 6.20 Å². The average Bonchev–Trinajstić information content (AvgIpc) is 2.89. The summed E-state index contributed by atoms with van der Waals surface area (Å²) in [6.45, 7) is 1.23. The topological polar surface area (TPSA) is 75.4 Å². The molecule has 100 valence electrons. The predicted molar refractivity (Wildman–Crippen MR) is 68.6 cm³/mol. The molecule has 0 radical (unpaired) electrons. The Morgan fingerprint density at radius 3 is 2.39 bits per heavy atom. The highest BCUT2D eigenvalue weighted by atomic mass is 16.2. The van der Waals surface area contributed by atoms with Crippen molar-refractivity contribution in [1.29, 1.82) is 0 Å². The molecule has 1 aliphatic carbocycles. The molecule has 0 aromatic rings. The van der Waals surface area contributed by atoms with Gasteiger partial charge in [-0.15, -0.1) is 0 Å². The molecule has 0 aromatic carbocycles. The fourth-order valence-corrected chi connectivity index (χ4v) is 2.60. The summed E-state index contributed by atoms with van der Waals surface area (Å²) in [5, 5.41) is 2.85. The van der Waals surface area contributed by atoms with Crippen LogP contribution < -0.4 is 11.1 Å². The van der Waals surface area contributed by atoms with Crippen molar-refractivity contribution in [2.75, 3.05) is 13.1 Å². The first-order chi connectivity index (χ1) is 8.66. The number of hydrogen-bond acceptors (Lipinski definition) is 2. The Balaban J connectivity index is 1.77. The lowest BCUT2D eigenvalue weighted by Gasteiger charge is -2.30. The highest BCUT2D eigenvalue weighted by Crippen LogP contribution is 2.23. The lowest BCUT2D eigenvalue weighted by molar-refractivity contribution is -0.122. The number of likely N-dealkylation sites (tertiary alicyclic amines) is 1. The second kappa shape index (κ2) is 5.89. The lowest BCUT2D eigenvalue weighted by atomic mass is 9.96. The number of rotatable bonds is 2. The van der Waals surface area contributed by atoms with Gasteiger partial charge in [-0.2, -0.15) is 0 Å². The molecule has 5 heteroatoms. The Kier molecular flexibility index (Phi) is 4.23. The van der Waals surface area contributed by atoms with Crippen LogP contribution >= 0.6 is 0 Å².